The Balaban J connectivity index is 2.99. The van der Waals surface area contributed by atoms with Crippen LogP contribution in [-0.2, 0) is 5.41 Å². The Kier molecular flexibility index (Phi) is 1.85. The van der Waals surface area contributed by atoms with E-state index in [1.54, 1.807) is 0 Å². The van der Waals surface area contributed by atoms with E-state index in [0.29, 0.717) is 0 Å². The smallest absolute Gasteiger partial charge is 0.180 e. The maximum Gasteiger partial charge on any atom is 0.180 e. The van der Waals surface area contributed by atoms with E-state index in [0.717, 1.165) is 4.73 Å². The van der Waals surface area contributed by atoms with Crippen molar-refractivity contribution in [2.75, 3.05) is 0 Å². The summed E-state index contributed by atoms with van der Waals surface area (Å²) >= 11 is 0. The third kappa shape index (κ3) is 1.93. The average Bonchev–Trinajstić information content (AvgIpc) is 1.86. The van der Waals surface area contributed by atoms with Gasteiger partial charge in [0, 0.05) is 12.1 Å². The predicted octanol–water partition coefficient (Wildman–Crippen LogP) is 1.62. The van der Waals surface area contributed by atoms with Crippen LogP contribution in [0.5, 0.6) is 0 Å². The summed E-state index contributed by atoms with van der Waals surface area (Å²) in [6, 6.07) is 3.71. The van der Waals surface area contributed by atoms with Crippen LogP contribution in [0.4, 0.5) is 0 Å². The molecule has 1 aromatic heterocycles. The number of hydrogen-bond donors (Lipinski definition) is 0. The number of pyridine rings is 1. The molecule has 60 valence electrons. The number of hydrogen-bond acceptors (Lipinski definition) is 1. The van der Waals surface area contributed by atoms with Crippen molar-refractivity contribution in [2.45, 2.75) is 26.2 Å². The molecule has 2 nitrogen and oxygen atoms in total. The lowest BCUT2D eigenvalue weighted by Gasteiger charge is -2.17. The fraction of sp³-hybridized carbons (Fsp3) is 0.444. The zero-order chi connectivity index (χ0) is 8.48. The fourth-order valence-corrected chi connectivity index (χ4v) is 0.913. The minimum absolute atomic E-state index is 0.133. The van der Waals surface area contributed by atoms with E-state index in [1.165, 1.54) is 18.0 Å². The van der Waals surface area contributed by atoms with E-state index >= 15 is 0 Å². The summed E-state index contributed by atoms with van der Waals surface area (Å²) < 4.78 is 0.801. The molecular formula is C9H13NO. The maximum atomic E-state index is 10.7. The first kappa shape index (κ1) is 8.05. The monoisotopic (exact) mass is 151 g/mol. The Bertz CT molecular complexity index is 233. The Morgan fingerprint density at radius 3 is 2.00 bits per heavy atom. The molecule has 0 aliphatic carbocycles. The summed E-state index contributed by atoms with van der Waals surface area (Å²) in [4.78, 5) is 0. The van der Waals surface area contributed by atoms with Crippen molar-refractivity contribution in [1.29, 1.82) is 0 Å². The Morgan fingerprint density at radius 2 is 1.64 bits per heavy atom. The molecule has 0 radical (unpaired) electrons. The molecule has 0 fully saturated rings. The van der Waals surface area contributed by atoms with Crippen molar-refractivity contribution < 1.29 is 4.73 Å². The molecule has 11 heavy (non-hydrogen) atoms. The quantitative estimate of drug-likeness (QED) is 0.409. The second kappa shape index (κ2) is 2.53. The number of rotatable bonds is 0. The molecule has 0 atom stereocenters. The topological polar surface area (TPSA) is 26.9 Å². The molecule has 0 aromatic carbocycles. The van der Waals surface area contributed by atoms with Gasteiger partial charge in [-0.1, -0.05) is 20.8 Å². The lowest BCUT2D eigenvalue weighted by molar-refractivity contribution is -0.605. The van der Waals surface area contributed by atoms with Crippen LogP contribution in [0.15, 0.2) is 24.5 Å². The molecule has 2 heteroatoms. The van der Waals surface area contributed by atoms with Crippen molar-refractivity contribution in [2.24, 2.45) is 0 Å². The van der Waals surface area contributed by atoms with Crippen LogP contribution < -0.4 is 4.73 Å². The van der Waals surface area contributed by atoms with Crippen molar-refractivity contribution in [3.8, 4) is 0 Å². The molecule has 0 bridgehead atoms. The van der Waals surface area contributed by atoms with Gasteiger partial charge in [0.2, 0.25) is 0 Å². The zero-order valence-electron chi connectivity index (χ0n) is 7.16. The molecule has 1 aromatic rings. The van der Waals surface area contributed by atoms with E-state index in [9.17, 15) is 5.21 Å². The van der Waals surface area contributed by atoms with Crippen LogP contribution in [0.1, 0.15) is 26.3 Å². The molecule has 0 unspecified atom stereocenters. The predicted molar refractivity (Wildman–Crippen MR) is 44.1 cm³/mol. The van der Waals surface area contributed by atoms with Gasteiger partial charge in [-0.2, -0.15) is 4.73 Å². The Morgan fingerprint density at radius 1 is 1.18 bits per heavy atom. The standard InChI is InChI=1S/C9H13NO/c1-9(2,3)8-4-6-10(11)7-5-8/h4-7H,1-3H3. The molecule has 0 spiro atoms. The molecule has 1 rings (SSSR count). The Hall–Kier alpha value is -1.05. The van der Waals surface area contributed by atoms with Gasteiger partial charge in [-0.25, -0.2) is 0 Å². The van der Waals surface area contributed by atoms with Gasteiger partial charge < -0.3 is 5.21 Å². The summed E-state index contributed by atoms with van der Waals surface area (Å²) in [5.41, 5.74) is 1.32. The highest BCUT2D eigenvalue weighted by molar-refractivity contribution is 5.17. The van der Waals surface area contributed by atoms with E-state index in [-0.39, 0.29) is 5.41 Å². The first-order valence-corrected chi connectivity index (χ1v) is 3.69. The van der Waals surface area contributed by atoms with Crippen LogP contribution in [0.3, 0.4) is 0 Å². The van der Waals surface area contributed by atoms with Gasteiger partial charge in [0.05, 0.1) is 0 Å². The van der Waals surface area contributed by atoms with Gasteiger partial charge in [0.25, 0.3) is 0 Å². The van der Waals surface area contributed by atoms with Crippen molar-refractivity contribution in [3.05, 3.63) is 35.3 Å². The van der Waals surface area contributed by atoms with Crippen LogP contribution in [0.25, 0.3) is 0 Å². The highest BCUT2D eigenvalue weighted by atomic mass is 16.5. The van der Waals surface area contributed by atoms with Crippen LogP contribution in [0, 0.1) is 5.21 Å². The van der Waals surface area contributed by atoms with E-state index in [4.69, 9.17) is 0 Å². The van der Waals surface area contributed by atoms with E-state index < -0.39 is 0 Å². The number of aromatic nitrogens is 1. The highest BCUT2D eigenvalue weighted by Crippen LogP contribution is 2.19. The van der Waals surface area contributed by atoms with Crippen molar-refractivity contribution >= 4 is 0 Å². The molecule has 0 aliphatic heterocycles. The molecule has 0 saturated carbocycles. The minimum atomic E-state index is 0.133. The molecule has 0 N–H and O–H groups in total. The van der Waals surface area contributed by atoms with E-state index in [1.807, 2.05) is 12.1 Å². The van der Waals surface area contributed by atoms with Gasteiger partial charge in [-0.3, -0.25) is 0 Å². The SMILES string of the molecule is CC(C)(C)c1cc[n+]([O-])cc1. The first-order valence-electron chi connectivity index (χ1n) is 3.69. The van der Waals surface area contributed by atoms with Crippen LogP contribution in [0.2, 0.25) is 0 Å². The number of nitrogens with zero attached hydrogens (tertiary/aromatic N) is 1. The van der Waals surface area contributed by atoms with Crippen LogP contribution in [-0.4, -0.2) is 0 Å². The summed E-state index contributed by atoms with van der Waals surface area (Å²) in [6.07, 6.45) is 3.06. The summed E-state index contributed by atoms with van der Waals surface area (Å²) in [5.74, 6) is 0. The molecule has 0 saturated heterocycles. The second-order valence-electron chi connectivity index (χ2n) is 3.70. The van der Waals surface area contributed by atoms with Crippen molar-refractivity contribution in [1.82, 2.24) is 0 Å². The van der Waals surface area contributed by atoms with Gasteiger partial charge in [-0.05, 0) is 11.0 Å². The second-order valence-corrected chi connectivity index (χ2v) is 3.70. The molecule has 1 heterocycles. The highest BCUT2D eigenvalue weighted by Gasteiger charge is 2.13. The van der Waals surface area contributed by atoms with Gasteiger partial charge in [0.15, 0.2) is 12.4 Å². The summed E-state index contributed by atoms with van der Waals surface area (Å²) in [7, 11) is 0. The molecular weight excluding hydrogens is 138 g/mol. The van der Waals surface area contributed by atoms with Gasteiger partial charge in [-0.15, -0.1) is 0 Å². The van der Waals surface area contributed by atoms with Crippen molar-refractivity contribution in [3.63, 3.8) is 0 Å². The third-order valence-electron chi connectivity index (χ3n) is 1.67. The Labute approximate surface area is 67.1 Å². The lowest BCUT2D eigenvalue weighted by atomic mass is 9.88. The molecule has 0 aliphatic rings. The largest absolute Gasteiger partial charge is 0.619 e. The first-order chi connectivity index (χ1) is 5.00. The lowest BCUT2D eigenvalue weighted by Crippen LogP contribution is -2.25. The normalized spacial score (nSPS) is 11.5. The molecule has 0 amide bonds. The average molecular weight is 151 g/mol. The fourth-order valence-electron chi connectivity index (χ4n) is 0.913. The summed E-state index contributed by atoms with van der Waals surface area (Å²) in [5, 5.41) is 10.7. The van der Waals surface area contributed by atoms with Gasteiger partial charge >= 0.3 is 0 Å². The van der Waals surface area contributed by atoms with Gasteiger partial charge in [0.1, 0.15) is 0 Å². The zero-order valence-corrected chi connectivity index (χ0v) is 7.16. The maximum absolute atomic E-state index is 10.7. The van der Waals surface area contributed by atoms with E-state index in [2.05, 4.69) is 20.8 Å². The summed E-state index contributed by atoms with van der Waals surface area (Å²) in [6.45, 7) is 6.37. The minimum Gasteiger partial charge on any atom is -0.619 e. The third-order valence-corrected chi connectivity index (χ3v) is 1.67. The van der Waals surface area contributed by atoms with Crippen LogP contribution >= 0.6 is 0 Å².